The Morgan fingerprint density at radius 3 is 2.33 bits per heavy atom. The number of ether oxygens (including phenoxy) is 1. The lowest BCUT2D eigenvalue weighted by atomic mass is 9.77. The molecule has 1 atom stereocenters. The van der Waals surface area contributed by atoms with Gasteiger partial charge in [-0.1, -0.05) is 26.0 Å². The minimum Gasteiger partial charge on any atom is -0.494 e. The Balaban J connectivity index is 1.64. The first kappa shape index (κ1) is 34.3. The molecule has 1 unspecified atom stereocenters. The quantitative estimate of drug-likeness (QED) is 0.169. The summed E-state index contributed by atoms with van der Waals surface area (Å²) in [6.07, 6.45) is -8.61. The smallest absolute Gasteiger partial charge is 0.416 e. The van der Waals surface area contributed by atoms with Crippen molar-refractivity contribution in [3.8, 4) is 5.75 Å². The van der Waals surface area contributed by atoms with Crippen molar-refractivity contribution in [1.82, 2.24) is 19.8 Å². The molecule has 2 aliphatic rings. The van der Waals surface area contributed by atoms with E-state index >= 15 is 0 Å². The molecule has 1 aromatic carbocycles. The maximum absolute atomic E-state index is 15.0. The predicted octanol–water partition coefficient (Wildman–Crippen LogP) is 5.38. The monoisotopic (exact) mass is 664 g/mol. The van der Waals surface area contributed by atoms with Crippen LogP contribution in [0.15, 0.2) is 42.1 Å². The zero-order chi connectivity index (χ0) is 33.2. The molecule has 9 nitrogen and oxygen atoms in total. The molecular weight excluding hydrogens is 630 g/mol. The summed E-state index contributed by atoms with van der Waals surface area (Å²) in [4.78, 5) is 26.6. The summed E-state index contributed by atoms with van der Waals surface area (Å²) >= 11 is 0. The fourth-order valence-electron chi connectivity index (χ4n) is 5.03. The van der Waals surface area contributed by atoms with Crippen LogP contribution in [0.25, 0.3) is 5.57 Å². The van der Waals surface area contributed by atoms with Gasteiger partial charge in [0.25, 0.3) is 11.8 Å². The van der Waals surface area contributed by atoms with Crippen molar-refractivity contribution in [2.75, 3.05) is 6.61 Å². The zero-order valence-electron chi connectivity index (χ0n) is 24.6. The lowest BCUT2D eigenvalue weighted by molar-refractivity contribution is -0.202. The second-order valence-corrected chi connectivity index (χ2v) is 13.6. The Morgan fingerprint density at radius 1 is 1.09 bits per heavy atom. The van der Waals surface area contributed by atoms with E-state index in [4.69, 9.17) is 4.74 Å². The predicted molar refractivity (Wildman–Crippen MR) is 151 cm³/mol. The third-order valence-corrected chi connectivity index (χ3v) is 9.25. The minimum absolute atomic E-state index is 0.0481. The topological polar surface area (TPSA) is 119 Å². The highest BCUT2D eigenvalue weighted by Crippen LogP contribution is 2.48. The molecule has 4 rings (SSSR count). The normalized spacial score (nSPS) is 19.5. The molecule has 2 heterocycles. The highest BCUT2D eigenvalue weighted by Gasteiger charge is 2.60. The van der Waals surface area contributed by atoms with Crippen LogP contribution in [0, 0.1) is 5.92 Å². The van der Waals surface area contributed by atoms with Gasteiger partial charge < -0.3 is 10.1 Å². The molecule has 1 saturated carbocycles. The number of sulfonamides is 1. The maximum atomic E-state index is 15.0. The average Bonchev–Trinajstić information content (AvgIpc) is 3.69. The van der Waals surface area contributed by atoms with Gasteiger partial charge in [-0.05, 0) is 61.8 Å². The van der Waals surface area contributed by atoms with Gasteiger partial charge in [0, 0.05) is 31.2 Å². The molecule has 1 fully saturated rings. The first-order valence-electron chi connectivity index (χ1n) is 14.4. The Morgan fingerprint density at radius 2 is 1.76 bits per heavy atom. The number of rotatable bonds is 13. The number of halogens is 6. The molecule has 1 aliphatic carbocycles. The Labute approximate surface area is 256 Å². The summed E-state index contributed by atoms with van der Waals surface area (Å²) in [5.74, 6) is -2.48. The molecule has 0 bridgehead atoms. The van der Waals surface area contributed by atoms with Crippen LogP contribution in [0.2, 0.25) is 0 Å². The molecular formula is C29H34F6N4O5S. The van der Waals surface area contributed by atoms with Gasteiger partial charge >= 0.3 is 12.4 Å². The molecule has 1 aromatic heterocycles. The largest absolute Gasteiger partial charge is 0.494 e. The number of aromatic nitrogens is 2. The summed E-state index contributed by atoms with van der Waals surface area (Å²) in [6, 6.07) is 6.06. The van der Waals surface area contributed by atoms with Gasteiger partial charge in [-0.15, -0.1) is 0 Å². The molecule has 0 spiro atoms. The highest BCUT2D eigenvalue weighted by molar-refractivity contribution is 7.91. The van der Waals surface area contributed by atoms with Gasteiger partial charge in [-0.3, -0.25) is 14.3 Å². The van der Waals surface area contributed by atoms with Crippen molar-refractivity contribution >= 4 is 27.4 Å². The van der Waals surface area contributed by atoms with Crippen LogP contribution < -0.4 is 14.8 Å². The lowest BCUT2D eigenvalue weighted by Crippen LogP contribution is -2.60. The molecule has 0 saturated heterocycles. The van der Waals surface area contributed by atoms with Crippen molar-refractivity contribution in [2.24, 2.45) is 5.92 Å². The van der Waals surface area contributed by atoms with Crippen LogP contribution >= 0.6 is 0 Å². The summed E-state index contributed by atoms with van der Waals surface area (Å²) in [5.41, 5.74) is -4.64. The van der Waals surface area contributed by atoms with Gasteiger partial charge in [0.05, 0.1) is 17.6 Å². The number of carbonyl (C=O) groups is 2. The van der Waals surface area contributed by atoms with Crippen LogP contribution in [-0.4, -0.2) is 54.2 Å². The van der Waals surface area contributed by atoms with E-state index in [2.05, 4.69) is 5.10 Å². The maximum Gasteiger partial charge on any atom is 0.416 e. The Bertz CT molecular complexity index is 1530. The summed E-state index contributed by atoms with van der Waals surface area (Å²) in [6.45, 7) is 4.23. The first-order valence-corrected chi connectivity index (χ1v) is 16.0. The standard InChI is InChI=1S/C29H34F6N4O5S/c1-18(2)17-39-14-12-23(37-39)22-16-27(29(33,34)35,36-25(40)24(22)26(41)38-45(42,43)21-10-11-21)19-6-8-20(9-7-19)44-15-5-3-4-13-28(30,31)32/h6-9,12,14,18,21H,3-5,10-11,13,15-17H2,1-2H3,(H,36,40)(H,38,41). The molecule has 45 heavy (non-hydrogen) atoms. The van der Waals surface area contributed by atoms with Gasteiger partial charge in [0.1, 0.15) is 11.3 Å². The van der Waals surface area contributed by atoms with E-state index in [1.165, 1.54) is 29.1 Å². The number of hydrogen-bond acceptors (Lipinski definition) is 6. The van der Waals surface area contributed by atoms with Crippen molar-refractivity contribution in [3.63, 3.8) is 0 Å². The molecule has 2 N–H and O–H groups in total. The van der Waals surface area contributed by atoms with Gasteiger partial charge in [0.2, 0.25) is 10.0 Å². The second kappa shape index (κ2) is 13.0. The Kier molecular flexibility index (Phi) is 9.95. The van der Waals surface area contributed by atoms with Crippen molar-refractivity contribution in [2.45, 2.75) is 88.5 Å². The van der Waals surface area contributed by atoms with Crippen LogP contribution in [0.1, 0.15) is 70.1 Å². The van der Waals surface area contributed by atoms with Gasteiger partial charge in [-0.2, -0.15) is 31.4 Å². The van der Waals surface area contributed by atoms with Crippen molar-refractivity contribution < 1.29 is 49.1 Å². The third kappa shape index (κ3) is 8.38. The van der Waals surface area contributed by atoms with E-state index < -0.39 is 63.4 Å². The van der Waals surface area contributed by atoms with Crippen molar-refractivity contribution in [1.29, 1.82) is 0 Å². The van der Waals surface area contributed by atoms with E-state index in [0.29, 0.717) is 25.8 Å². The SMILES string of the molecule is CC(C)Cn1ccc(C2=C(C(=O)NS(=O)(=O)C3CC3)C(=O)NC(c3ccc(OCCCCCC(F)(F)F)cc3)(C(F)(F)F)C2)n1. The summed E-state index contributed by atoms with van der Waals surface area (Å²) < 4.78 is 116. The van der Waals surface area contributed by atoms with E-state index in [9.17, 15) is 44.3 Å². The second-order valence-electron chi connectivity index (χ2n) is 11.7. The number of hydrogen-bond donors (Lipinski definition) is 2. The third-order valence-electron chi connectivity index (χ3n) is 7.43. The van der Waals surface area contributed by atoms with E-state index in [1.807, 2.05) is 23.9 Å². The number of amides is 2. The van der Waals surface area contributed by atoms with Crippen molar-refractivity contribution in [3.05, 3.63) is 53.4 Å². The number of nitrogens with one attached hydrogen (secondary N) is 2. The number of nitrogens with zero attached hydrogens (tertiary/aromatic N) is 2. The summed E-state index contributed by atoms with van der Waals surface area (Å²) in [7, 11) is -4.13. The van der Waals surface area contributed by atoms with Gasteiger partial charge in [-0.25, -0.2) is 13.1 Å². The number of carbonyl (C=O) groups excluding carboxylic acids is 2. The van der Waals surface area contributed by atoms with Crippen LogP contribution in [-0.2, 0) is 31.7 Å². The number of alkyl halides is 6. The fraction of sp³-hybridized carbons (Fsp3) is 0.552. The number of unbranched alkanes of at least 4 members (excludes halogenated alkanes) is 2. The molecule has 16 heteroatoms. The first-order chi connectivity index (χ1) is 20.9. The molecule has 0 radical (unpaired) electrons. The molecule has 2 amide bonds. The molecule has 248 valence electrons. The lowest BCUT2D eigenvalue weighted by Gasteiger charge is -2.41. The Hall–Kier alpha value is -3.56. The van der Waals surface area contributed by atoms with Crippen LogP contribution in [0.3, 0.4) is 0 Å². The van der Waals surface area contributed by atoms with E-state index in [-0.39, 0.29) is 47.9 Å². The van der Waals surface area contributed by atoms with Crippen LogP contribution in [0.5, 0.6) is 5.75 Å². The fourth-order valence-corrected chi connectivity index (χ4v) is 6.31. The van der Waals surface area contributed by atoms with Crippen LogP contribution in [0.4, 0.5) is 26.3 Å². The average molecular weight is 665 g/mol. The van der Waals surface area contributed by atoms with E-state index in [1.54, 1.807) is 0 Å². The number of benzene rings is 1. The van der Waals surface area contributed by atoms with E-state index in [0.717, 1.165) is 12.1 Å². The summed E-state index contributed by atoms with van der Waals surface area (Å²) in [5, 5.41) is 5.43. The minimum atomic E-state index is -5.09. The van der Waals surface area contributed by atoms with Gasteiger partial charge in [0.15, 0.2) is 5.54 Å². The molecule has 1 aliphatic heterocycles. The molecule has 2 aromatic rings. The zero-order valence-corrected chi connectivity index (χ0v) is 25.4. The highest BCUT2D eigenvalue weighted by atomic mass is 32.2.